The molecule has 0 spiro atoms. The molecule has 152 valence electrons. The SMILES string of the molecule is COCc1nc(OC)nc(N2C[C@@H](C)N(c3ccnc([C@@H](C)O)n3)[C@@H](C)C2)n1. The molecule has 0 unspecified atom stereocenters. The lowest BCUT2D eigenvalue weighted by Gasteiger charge is -2.45. The molecule has 3 heterocycles. The molecule has 10 heteroatoms. The maximum atomic E-state index is 9.79. The van der Waals surface area contributed by atoms with Gasteiger partial charge in [0.25, 0.3) is 0 Å². The van der Waals surface area contributed by atoms with Crippen LogP contribution in [0.3, 0.4) is 0 Å². The zero-order valence-electron chi connectivity index (χ0n) is 16.9. The summed E-state index contributed by atoms with van der Waals surface area (Å²) < 4.78 is 10.4. The number of hydrogen-bond acceptors (Lipinski definition) is 10. The van der Waals surface area contributed by atoms with Crippen LogP contribution in [-0.2, 0) is 11.3 Å². The minimum atomic E-state index is -0.705. The van der Waals surface area contributed by atoms with Gasteiger partial charge in [-0.2, -0.15) is 15.0 Å². The molecule has 0 saturated carbocycles. The number of aliphatic hydroxyl groups excluding tert-OH is 1. The minimum Gasteiger partial charge on any atom is -0.467 e. The molecule has 1 saturated heterocycles. The zero-order chi connectivity index (χ0) is 20.3. The maximum Gasteiger partial charge on any atom is 0.321 e. The summed E-state index contributed by atoms with van der Waals surface area (Å²) in [7, 11) is 3.13. The fraction of sp³-hybridized carbons (Fsp3) is 0.611. The van der Waals surface area contributed by atoms with E-state index in [1.165, 1.54) is 7.11 Å². The average molecular weight is 389 g/mol. The fourth-order valence-corrected chi connectivity index (χ4v) is 3.46. The predicted octanol–water partition coefficient (Wildman–Crippen LogP) is 0.973. The molecular weight excluding hydrogens is 362 g/mol. The highest BCUT2D eigenvalue weighted by Gasteiger charge is 2.32. The summed E-state index contributed by atoms with van der Waals surface area (Å²) in [5, 5.41) is 9.79. The third-order valence-electron chi connectivity index (χ3n) is 4.60. The van der Waals surface area contributed by atoms with Crippen LogP contribution in [0.5, 0.6) is 6.01 Å². The third kappa shape index (κ3) is 4.28. The van der Waals surface area contributed by atoms with Crippen molar-refractivity contribution in [3.05, 3.63) is 23.9 Å². The van der Waals surface area contributed by atoms with Gasteiger partial charge in [-0.25, -0.2) is 9.97 Å². The summed E-state index contributed by atoms with van der Waals surface area (Å²) >= 11 is 0. The van der Waals surface area contributed by atoms with Gasteiger partial charge in [-0.05, 0) is 26.8 Å². The largest absolute Gasteiger partial charge is 0.467 e. The molecule has 0 bridgehead atoms. The van der Waals surface area contributed by atoms with Gasteiger partial charge >= 0.3 is 6.01 Å². The standard InChI is InChI=1S/C18H27N7O3/c1-11-8-24(17-20-14(10-27-4)21-18(23-17)28-5)9-12(2)25(11)15-6-7-19-16(22-15)13(3)26/h6-7,11-13,26H,8-10H2,1-5H3/t11-,12+,13-/m1/s1. The van der Waals surface area contributed by atoms with Gasteiger partial charge in [0.15, 0.2) is 11.6 Å². The Bertz CT molecular complexity index is 792. The summed E-state index contributed by atoms with van der Waals surface area (Å²) in [6, 6.07) is 2.44. The van der Waals surface area contributed by atoms with Crippen molar-refractivity contribution in [2.75, 3.05) is 37.1 Å². The average Bonchev–Trinajstić information content (AvgIpc) is 2.67. The predicted molar refractivity (Wildman–Crippen MR) is 103 cm³/mol. The molecule has 1 aliphatic heterocycles. The van der Waals surface area contributed by atoms with Gasteiger partial charge in [0.05, 0.1) is 7.11 Å². The summed E-state index contributed by atoms with van der Waals surface area (Å²) in [6.07, 6.45) is 0.980. The number of ether oxygens (including phenoxy) is 2. The van der Waals surface area contributed by atoms with Crippen LogP contribution in [-0.4, -0.2) is 69.4 Å². The monoisotopic (exact) mass is 389 g/mol. The summed E-state index contributed by atoms with van der Waals surface area (Å²) in [5.74, 6) is 2.33. The van der Waals surface area contributed by atoms with Crippen LogP contribution in [0.4, 0.5) is 11.8 Å². The quantitative estimate of drug-likeness (QED) is 0.767. The van der Waals surface area contributed by atoms with E-state index in [1.807, 2.05) is 6.07 Å². The molecule has 3 rings (SSSR count). The summed E-state index contributed by atoms with van der Waals surface area (Å²) in [4.78, 5) is 26.2. The molecule has 1 aliphatic rings. The summed E-state index contributed by atoms with van der Waals surface area (Å²) in [6.45, 7) is 7.62. The highest BCUT2D eigenvalue weighted by atomic mass is 16.5. The molecule has 2 aromatic heterocycles. The van der Waals surface area contributed by atoms with Gasteiger partial charge in [-0.1, -0.05) is 0 Å². The van der Waals surface area contributed by atoms with Crippen LogP contribution >= 0.6 is 0 Å². The zero-order valence-corrected chi connectivity index (χ0v) is 16.9. The second-order valence-corrected chi connectivity index (χ2v) is 6.93. The second kappa shape index (κ2) is 8.61. The van der Waals surface area contributed by atoms with Gasteiger partial charge in [-0.15, -0.1) is 0 Å². The van der Waals surface area contributed by atoms with E-state index in [2.05, 4.69) is 48.6 Å². The van der Waals surface area contributed by atoms with Gasteiger partial charge in [0.2, 0.25) is 5.95 Å². The number of piperazine rings is 1. The van der Waals surface area contributed by atoms with Crippen molar-refractivity contribution in [3.63, 3.8) is 0 Å². The van der Waals surface area contributed by atoms with E-state index in [0.29, 0.717) is 37.3 Å². The molecule has 3 atom stereocenters. The van der Waals surface area contributed by atoms with E-state index in [4.69, 9.17) is 9.47 Å². The topological polar surface area (TPSA) is 110 Å². The molecule has 0 amide bonds. The lowest BCUT2D eigenvalue weighted by molar-refractivity contribution is 0.176. The van der Waals surface area contributed by atoms with Crippen molar-refractivity contribution < 1.29 is 14.6 Å². The van der Waals surface area contributed by atoms with E-state index >= 15 is 0 Å². The van der Waals surface area contributed by atoms with Gasteiger partial charge in [0.1, 0.15) is 18.5 Å². The van der Waals surface area contributed by atoms with Crippen molar-refractivity contribution in [2.24, 2.45) is 0 Å². The van der Waals surface area contributed by atoms with E-state index in [0.717, 1.165) is 5.82 Å². The third-order valence-corrected chi connectivity index (χ3v) is 4.60. The van der Waals surface area contributed by atoms with E-state index in [-0.39, 0.29) is 18.1 Å². The first-order valence-corrected chi connectivity index (χ1v) is 9.25. The molecular formula is C18H27N7O3. The smallest absolute Gasteiger partial charge is 0.321 e. The van der Waals surface area contributed by atoms with Crippen molar-refractivity contribution in [2.45, 2.75) is 45.6 Å². The second-order valence-electron chi connectivity index (χ2n) is 6.93. The highest BCUT2D eigenvalue weighted by Crippen LogP contribution is 2.26. The highest BCUT2D eigenvalue weighted by molar-refractivity contribution is 5.45. The van der Waals surface area contributed by atoms with Gasteiger partial charge in [0, 0.05) is 38.5 Å². The van der Waals surface area contributed by atoms with Crippen molar-refractivity contribution in [1.29, 1.82) is 0 Å². The lowest BCUT2D eigenvalue weighted by Crippen LogP contribution is -2.57. The number of anilines is 2. The Balaban J connectivity index is 1.83. The van der Waals surface area contributed by atoms with Crippen LogP contribution in [0, 0.1) is 0 Å². The van der Waals surface area contributed by atoms with Crippen LogP contribution < -0.4 is 14.5 Å². The van der Waals surface area contributed by atoms with E-state index in [9.17, 15) is 5.11 Å². The molecule has 2 aromatic rings. The van der Waals surface area contributed by atoms with Crippen molar-refractivity contribution in [3.8, 4) is 6.01 Å². The van der Waals surface area contributed by atoms with Crippen LogP contribution in [0.25, 0.3) is 0 Å². The van der Waals surface area contributed by atoms with Crippen molar-refractivity contribution >= 4 is 11.8 Å². The number of nitrogens with zero attached hydrogens (tertiary/aromatic N) is 7. The van der Waals surface area contributed by atoms with E-state index < -0.39 is 6.10 Å². The molecule has 0 aromatic carbocycles. The molecule has 28 heavy (non-hydrogen) atoms. The molecule has 1 N–H and O–H groups in total. The fourth-order valence-electron chi connectivity index (χ4n) is 3.46. The van der Waals surface area contributed by atoms with Crippen LogP contribution in [0.15, 0.2) is 12.3 Å². The van der Waals surface area contributed by atoms with Crippen LogP contribution in [0.2, 0.25) is 0 Å². The molecule has 1 fully saturated rings. The molecule has 10 nitrogen and oxygen atoms in total. The minimum absolute atomic E-state index is 0.147. The Morgan fingerprint density at radius 2 is 1.86 bits per heavy atom. The Kier molecular flexibility index (Phi) is 6.20. The normalized spacial score (nSPS) is 20.9. The first-order chi connectivity index (χ1) is 13.4. The number of rotatable bonds is 6. The molecule has 0 aliphatic carbocycles. The Morgan fingerprint density at radius 3 is 2.46 bits per heavy atom. The summed E-state index contributed by atoms with van der Waals surface area (Å²) in [5.41, 5.74) is 0. The number of aliphatic hydroxyl groups is 1. The van der Waals surface area contributed by atoms with Crippen molar-refractivity contribution in [1.82, 2.24) is 24.9 Å². The Labute approximate surface area is 164 Å². The number of hydrogen-bond donors (Lipinski definition) is 1. The lowest BCUT2D eigenvalue weighted by atomic mass is 10.1. The number of methoxy groups -OCH3 is 2. The first-order valence-electron chi connectivity index (χ1n) is 9.25. The van der Waals surface area contributed by atoms with Crippen LogP contribution in [0.1, 0.15) is 38.5 Å². The van der Waals surface area contributed by atoms with E-state index in [1.54, 1.807) is 20.2 Å². The Morgan fingerprint density at radius 1 is 1.14 bits per heavy atom. The number of aromatic nitrogens is 5. The van der Waals surface area contributed by atoms with Gasteiger partial charge < -0.3 is 24.4 Å². The molecule has 0 radical (unpaired) electrons. The Hall–Kier alpha value is -2.59. The van der Waals surface area contributed by atoms with Gasteiger partial charge in [-0.3, -0.25) is 0 Å². The maximum absolute atomic E-state index is 9.79. The first kappa shape index (κ1) is 20.2.